The number of halogens is 3. The van der Waals surface area contributed by atoms with Gasteiger partial charge in [0.15, 0.2) is 5.82 Å². The number of ether oxygens (including phenoxy) is 2. The average molecular weight is 642 g/mol. The number of nitriles is 1. The van der Waals surface area contributed by atoms with Gasteiger partial charge in [0.2, 0.25) is 0 Å². The maximum Gasteiger partial charge on any atom is 0.319 e. The molecule has 0 radical (unpaired) electrons. The fourth-order valence-corrected chi connectivity index (χ4v) is 7.59. The van der Waals surface area contributed by atoms with Crippen molar-refractivity contribution in [1.82, 2.24) is 19.9 Å². The topological polar surface area (TPSA) is 113 Å². The molecule has 2 aromatic heterocycles. The van der Waals surface area contributed by atoms with Crippen molar-refractivity contribution in [3.8, 4) is 12.1 Å². The molecule has 0 bridgehead atoms. The first-order chi connectivity index (χ1) is 21.7. The van der Waals surface area contributed by atoms with Crippen LogP contribution in [0.25, 0.3) is 16.5 Å². The first-order valence-electron chi connectivity index (χ1n) is 15.6. The predicted molar refractivity (Wildman–Crippen MR) is 168 cm³/mol. The van der Waals surface area contributed by atoms with Crippen molar-refractivity contribution in [3.05, 3.63) is 46.0 Å². The van der Waals surface area contributed by atoms with Crippen molar-refractivity contribution in [2.45, 2.75) is 57.8 Å². The molecule has 4 aliphatic rings. The number of aromatic nitrogens is 3. The molecule has 2 aliphatic heterocycles. The number of nitrogens with two attached hydrogens (primary N) is 1. The summed E-state index contributed by atoms with van der Waals surface area (Å²) in [5.41, 5.74) is 5.33. The molecule has 3 atom stereocenters. The van der Waals surface area contributed by atoms with E-state index in [4.69, 9.17) is 20.2 Å². The Labute approximate surface area is 265 Å². The van der Waals surface area contributed by atoms with Crippen LogP contribution in [0, 0.1) is 28.5 Å². The molecule has 2 aromatic rings. The van der Waals surface area contributed by atoms with Crippen molar-refractivity contribution < 1.29 is 22.6 Å². The van der Waals surface area contributed by atoms with E-state index >= 15 is 8.78 Å². The standard InChI is InChI=1S/C32H38F3N7O2S/c1-4-6-9-42(5-2)30-20-14-38-27(24-21(33)12-22(34)28-23(24)19(13-36)29(37)45-28)25(35)26(20)39-31(40-30)44-17-32(7-8-32)16-41-10-11-43-18(3)15-41/h12,14,18,23,28H,4-11,15-17,37H2,1-3H3/t18-,23?,28?/m0/s1. The number of morpholine rings is 1. The monoisotopic (exact) mass is 641 g/mol. The summed E-state index contributed by atoms with van der Waals surface area (Å²) in [4.78, 5) is 18.0. The molecule has 2 fully saturated rings. The Kier molecular flexibility index (Phi) is 9.00. The molecule has 0 amide bonds. The van der Waals surface area contributed by atoms with Crippen LogP contribution in [0.3, 0.4) is 0 Å². The van der Waals surface area contributed by atoms with Crippen LogP contribution < -0.4 is 15.4 Å². The third-order valence-corrected chi connectivity index (χ3v) is 10.3. The molecule has 0 spiro atoms. The van der Waals surface area contributed by atoms with Crippen molar-refractivity contribution >= 4 is 34.1 Å². The average Bonchev–Trinajstić information content (AvgIpc) is 3.69. The van der Waals surface area contributed by atoms with Gasteiger partial charge in [0.1, 0.15) is 28.7 Å². The summed E-state index contributed by atoms with van der Waals surface area (Å²) < 4.78 is 58.9. The SMILES string of the molecule is CCCCN(CC)c1nc(OCC2(CN3CCO[C@@H](C)C3)CC2)nc2c(F)c(C3=C(F)C=C(F)C4SC(N)=C(C#N)C34)ncc12. The summed E-state index contributed by atoms with van der Waals surface area (Å²) in [5, 5.41) is 9.25. The highest BCUT2D eigenvalue weighted by atomic mass is 32.2. The maximum atomic E-state index is 16.6. The zero-order chi connectivity index (χ0) is 31.9. The van der Waals surface area contributed by atoms with Gasteiger partial charge < -0.3 is 20.1 Å². The lowest BCUT2D eigenvalue weighted by Gasteiger charge is -2.33. The van der Waals surface area contributed by atoms with Crippen LogP contribution >= 0.6 is 11.8 Å². The lowest BCUT2D eigenvalue weighted by Crippen LogP contribution is -2.44. The second-order valence-corrected chi connectivity index (χ2v) is 13.5. The number of fused-ring (bicyclic) bond motifs is 2. The van der Waals surface area contributed by atoms with Crippen LogP contribution in [-0.2, 0) is 4.74 Å². The molecule has 240 valence electrons. The van der Waals surface area contributed by atoms with E-state index in [1.54, 1.807) is 0 Å². The normalized spacial score (nSPS) is 24.5. The third-order valence-electron chi connectivity index (χ3n) is 9.07. The van der Waals surface area contributed by atoms with Crippen molar-refractivity contribution in [1.29, 1.82) is 5.26 Å². The predicted octanol–water partition coefficient (Wildman–Crippen LogP) is 5.64. The quantitative estimate of drug-likeness (QED) is 0.331. The van der Waals surface area contributed by atoms with Gasteiger partial charge in [0.05, 0.1) is 46.6 Å². The minimum absolute atomic E-state index is 0.00628. The number of unbranched alkanes of at least 4 members (excludes halogenated alkanes) is 1. The van der Waals surface area contributed by atoms with Gasteiger partial charge in [-0.05, 0) is 33.1 Å². The zero-order valence-corrected chi connectivity index (χ0v) is 26.6. The Bertz CT molecular complexity index is 1620. The summed E-state index contributed by atoms with van der Waals surface area (Å²) in [6.07, 6.45) is 6.19. The minimum atomic E-state index is -1.11. The molecule has 45 heavy (non-hydrogen) atoms. The Balaban J connectivity index is 1.39. The first kappa shape index (κ1) is 31.6. The van der Waals surface area contributed by atoms with Gasteiger partial charge in [-0.2, -0.15) is 15.2 Å². The zero-order valence-electron chi connectivity index (χ0n) is 25.8. The molecule has 0 aromatic carbocycles. The van der Waals surface area contributed by atoms with E-state index in [0.717, 1.165) is 63.2 Å². The molecular formula is C32H38F3N7O2S. The molecular weight excluding hydrogens is 603 g/mol. The fourth-order valence-electron chi connectivity index (χ4n) is 6.43. The van der Waals surface area contributed by atoms with Gasteiger partial charge in [-0.3, -0.25) is 9.88 Å². The molecule has 9 nitrogen and oxygen atoms in total. The molecule has 2 unspecified atom stereocenters. The number of anilines is 1. The highest BCUT2D eigenvalue weighted by Gasteiger charge is 2.47. The number of hydrogen-bond acceptors (Lipinski definition) is 10. The summed E-state index contributed by atoms with van der Waals surface area (Å²) in [5.74, 6) is -3.29. The van der Waals surface area contributed by atoms with Gasteiger partial charge in [-0.15, -0.1) is 0 Å². The van der Waals surface area contributed by atoms with E-state index < -0.39 is 28.6 Å². The van der Waals surface area contributed by atoms with E-state index in [2.05, 4.69) is 28.7 Å². The number of rotatable bonds is 11. The highest BCUT2D eigenvalue weighted by molar-refractivity contribution is 8.04. The summed E-state index contributed by atoms with van der Waals surface area (Å²) in [7, 11) is 0. The Morgan fingerprint density at radius 1 is 1.27 bits per heavy atom. The number of thioether (sulfide) groups is 1. The van der Waals surface area contributed by atoms with Gasteiger partial charge in [-0.1, -0.05) is 25.1 Å². The van der Waals surface area contributed by atoms with Crippen LogP contribution in [-0.4, -0.2) is 77.1 Å². The number of allylic oxidation sites excluding steroid dienone is 4. The molecule has 13 heteroatoms. The van der Waals surface area contributed by atoms with Crippen molar-refractivity contribution in [2.75, 3.05) is 50.8 Å². The van der Waals surface area contributed by atoms with E-state index in [0.29, 0.717) is 37.5 Å². The van der Waals surface area contributed by atoms with E-state index in [9.17, 15) is 9.65 Å². The summed E-state index contributed by atoms with van der Waals surface area (Å²) in [6.45, 7) is 11.1. The van der Waals surface area contributed by atoms with Crippen LogP contribution in [0.1, 0.15) is 52.1 Å². The smallest absolute Gasteiger partial charge is 0.319 e. The van der Waals surface area contributed by atoms with Crippen LogP contribution in [0.2, 0.25) is 0 Å². The van der Waals surface area contributed by atoms with E-state index in [1.165, 1.54) is 6.20 Å². The molecule has 4 heterocycles. The fraction of sp³-hybridized carbons (Fsp3) is 0.562. The number of nitrogens with zero attached hydrogens (tertiary/aromatic N) is 6. The van der Waals surface area contributed by atoms with Crippen LogP contribution in [0.15, 0.2) is 34.5 Å². The lowest BCUT2D eigenvalue weighted by molar-refractivity contribution is -0.0273. The van der Waals surface area contributed by atoms with Gasteiger partial charge in [-0.25, -0.2) is 13.2 Å². The Hall–Kier alpha value is -3.34. The van der Waals surface area contributed by atoms with Gasteiger partial charge in [0.25, 0.3) is 0 Å². The summed E-state index contributed by atoms with van der Waals surface area (Å²) in [6, 6.07) is 2.00. The van der Waals surface area contributed by atoms with Gasteiger partial charge in [0, 0.05) is 61.9 Å². The van der Waals surface area contributed by atoms with Crippen molar-refractivity contribution in [2.24, 2.45) is 17.1 Å². The van der Waals surface area contributed by atoms with Crippen molar-refractivity contribution in [3.63, 3.8) is 0 Å². The maximum absolute atomic E-state index is 16.6. The molecule has 6 rings (SSSR count). The highest BCUT2D eigenvalue weighted by Crippen LogP contribution is 2.53. The first-order valence-corrected chi connectivity index (χ1v) is 16.5. The number of hydrogen-bond donors (Lipinski definition) is 1. The molecule has 2 aliphatic carbocycles. The van der Waals surface area contributed by atoms with E-state index in [-0.39, 0.29) is 44.9 Å². The Morgan fingerprint density at radius 2 is 2.07 bits per heavy atom. The molecule has 1 saturated carbocycles. The lowest BCUT2D eigenvalue weighted by atomic mass is 9.82. The van der Waals surface area contributed by atoms with Crippen LogP contribution in [0.5, 0.6) is 6.01 Å². The minimum Gasteiger partial charge on any atom is -0.463 e. The summed E-state index contributed by atoms with van der Waals surface area (Å²) >= 11 is 0.925. The molecule has 1 saturated heterocycles. The second kappa shape index (κ2) is 12.8. The second-order valence-electron chi connectivity index (χ2n) is 12.3. The van der Waals surface area contributed by atoms with E-state index in [1.807, 2.05) is 17.9 Å². The van der Waals surface area contributed by atoms with Gasteiger partial charge >= 0.3 is 6.01 Å². The third kappa shape index (κ3) is 6.12. The number of pyridine rings is 1. The van der Waals surface area contributed by atoms with Crippen LogP contribution in [0.4, 0.5) is 19.0 Å². The Morgan fingerprint density at radius 3 is 2.76 bits per heavy atom. The largest absolute Gasteiger partial charge is 0.463 e. The molecule has 2 N–H and O–H groups in total.